The van der Waals surface area contributed by atoms with Gasteiger partial charge in [0.1, 0.15) is 0 Å². The molecule has 0 fully saturated rings. The van der Waals surface area contributed by atoms with Crippen LogP contribution in [0.25, 0.3) is 0 Å². The summed E-state index contributed by atoms with van der Waals surface area (Å²) in [5, 5.41) is 0. The first kappa shape index (κ1) is 13.5. The first-order chi connectivity index (χ1) is 9.29. The topological polar surface area (TPSA) is 29.3 Å². The molecule has 0 aliphatic rings. The van der Waals surface area contributed by atoms with Crippen LogP contribution < -0.4 is 10.6 Å². The number of anilines is 2. The highest BCUT2D eigenvalue weighted by Crippen LogP contribution is 2.18. The first-order valence-corrected chi connectivity index (χ1v) is 6.94. The molecule has 2 nitrogen and oxygen atoms in total. The summed E-state index contributed by atoms with van der Waals surface area (Å²) in [6.45, 7) is 4.30. The van der Waals surface area contributed by atoms with E-state index in [-0.39, 0.29) is 0 Å². The Balaban J connectivity index is 2.04. The van der Waals surface area contributed by atoms with Crippen molar-refractivity contribution in [3.05, 3.63) is 60.2 Å². The Bertz CT molecular complexity index is 494. The second kappa shape index (κ2) is 6.83. The Morgan fingerprint density at radius 2 is 1.74 bits per heavy atom. The zero-order valence-electron chi connectivity index (χ0n) is 11.5. The number of rotatable bonds is 6. The predicted octanol–water partition coefficient (Wildman–Crippen LogP) is 3.73. The van der Waals surface area contributed by atoms with Gasteiger partial charge in [0, 0.05) is 24.5 Å². The number of hydrogen-bond acceptors (Lipinski definition) is 2. The number of nitrogens with zero attached hydrogens (tertiary/aromatic N) is 1. The normalized spacial score (nSPS) is 10.4. The van der Waals surface area contributed by atoms with Crippen molar-refractivity contribution in [1.29, 1.82) is 0 Å². The Hall–Kier alpha value is -1.96. The largest absolute Gasteiger partial charge is 0.399 e. The van der Waals surface area contributed by atoms with Crippen molar-refractivity contribution in [1.82, 2.24) is 0 Å². The summed E-state index contributed by atoms with van der Waals surface area (Å²) in [7, 11) is 0. The van der Waals surface area contributed by atoms with E-state index >= 15 is 0 Å². The predicted molar refractivity (Wildman–Crippen MR) is 83.5 cm³/mol. The van der Waals surface area contributed by atoms with E-state index < -0.39 is 0 Å². The van der Waals surface area contributed by atoms with E-state index in [4.69, 9.17) is 5.73 Å². The minimum Gasteiger partial charge on any atom is -0.399 e. The molecule has 0 radical (unpaired) electrons. The van der Waals surface area contributed by atoms with Crippen LogP contribution in [0.4, 0.5) is 11.4 Å². The summed E-state index contributed by atoms with van der Waals surface area (Å²) < 4.78 is 0. The van der Waals surface area contributed by atoms with Crippen LogP contribution in [0.3, 0.4) is 0 Å². The molecule has 2 heteroatoms. The van der Waals surface area contributed by atoms with Gasteiger partial charge in [-0.05, 0) is 36.6 Å². The van der Waals surface area contributed by atoms with Gasteiger partial charge in [-0.1, -0.05) is 43.3 Å². The molecule has 19 heavy (non-hydrogen) atoms. The molecule has 0 aromatic heterocycles. The van der Waals surface area contributed by atoms with Crippen LogP contribution in [-0.2, 0) is 6.42 Å². The maximum Gasteiger partial charge on any atom is 0.0386 e. The summed E-state index contributed by atoms with van der Waals surface area (Å²) in [5.41, 5.74) is 9.31. The molecule has 0 unspecified atom stereocenters. The lowest BCUT2D eigenvalue weighted by Gasteiger charge is -2.24. The van der Waals surface area contributed by atoms with Gasteiger partial charge in [0.2, 0.25) is 0 Å². The molecule has 0 bridgehead atoms. The van der Waals surface area contributed by atoms with Gasteiger partial charge in [0.25, 0.3) is 0 Å². The molecule has 2 N–H and O–H groups in total. The highest BCUT2D eigenvalue weighted by molar-refractivity contribution is 5.55. The van der Waals surface area contributed by atoms with Crippen LogP contribution in [-0.4, -0.2) is 13.1 Å². The number of hydrogen-bond donors (Lipinski definition) is 1. The highest BCUT2D eigenvalue weighted by atomic mass is 15.1. The fourth-order valence-electron chi connectivity index (χ4n) is 2.27. The molecule has 2 aromatic carbocycles. The lowest BCUT2D eigenvalue weighted by atomic mass is 10.1. The second-order valence-electron chi connectivity index (χ2n) is 4.82. The van der Waals surface area contributed by atoms with E-state index in [2.05, 4.69) is 54.3 Å². The Kier molecular flexibility index (Phi) is 4.85. The molecule has 2 rings (SSSR count). The van der Waals surface area contributed by atoms with E-state index in [1.165, 1.54) is 11.3 Å². The standard InChI is InChI=1S/C17H22N2/c1-2-12-19(17-10-6-9-16(18)14-17)13-11-15-7-4-3-5-8-15/h3-10,14H,2,11-13,18H2,1H3. The van der Waals surface area contributed by atoms with Gasteiger partial charge >= 0.3 is 0 Å². The van der Waals surface area contributed by atoms with E-state index in [0.717, 1.165) is 31.6 Å². The van der Waals surface area contributed by atoms with Crippen molar-refractivity contribution >= 4 is 11.4 Å². The lowest BCUT2D eigenvalue weighted by Crippen LogP contribution is -2.26. The van der Waals surface area contributed by atoms with Gasteiger partial charge in [-0.2, -0.15) is 0 Å². The Morgan fingerprint density at radius 3 is 2.42 bits per heavy atom. The Labute approximate surface area is 115 Å². The molecule has 0 spiro atoms. The maximum atomic E-state index is 5.87. The molecule has 2 aromatic rings. The van der Waals surface area contributed by atoms with Gasteiger partial charge in [-0.3, -0.25) is 0 Å². The Morgan fingerprint density at radius 1 is 0.947 bits per heavy atom. The highest BCUT2D eigenvalue weighted by Gasteiger charge is 2.05. The third-order valence-corrected chi connectivity index (χ3v) is 3.24. The fourth-order valence-corrected chi connectivity index (χ4v) is 2.27. The molecular weight excluding hydrogens is 232 g/mol. The summed E-state index contributed by atoms with van der Waals surface area (Å²) in [6.07, 6.45) is 2.21. The van der Waals surface area contributed by atoms with Gasteiger partial charge in [-0.15, -0.1) is 0 Å². The van der Waals surface area contributed by atoms with Crippen molar-refractivity contribution in [2.24, 2.45) is 0 Å². The first-order valence-electron chi connectivity index (χ1n) is 6.94. The van der Waals surface area contributed by atoms with Crippen LogP contribution in [0.2, 0.25) is 0 Å². The molecule has 100 valence electrons. The molecular formula is C17H22N2. The molecule has 0 saturated carbocycles. The van der Waals surface area contributed by atoms with Crippen molar-refractivity contribution in [3.8, 4) is 0 Å². The quantitative estimate of drug-likeness (QED) is 0.796. The summed E-state index contributed by atoms with van der Waals surface area (Å²) in [4.78, 5) is 2.41. The minimum absolute atomic E-state index is 0.832. The van der Waals surface area contributed by atoms with E-state index in [1.807, 2.05) is 12.1 Å². The van der Waals surface area contributed by atoms with Crippen molar-refractivity contribution < 1.29 is 0 Å². The zero-order chi connectivity index (χ0) is 13.5. The van der Waals surface area contributed by atoms with Crippen molar-refractivity contribution in [2.75, 3.05) is 23.7 Å². The molecule has 0 saturated heterocycles. The van der Waals surface area contributed by atoms with Gasteiger partial charge in [0.05, 0.1) is 0 Å². The maximum absolute atomic E-state index is 5.87. The zero-order valence-corrected chi connectivity index (χ0v) is 11.5. The summed E-state index contributed by atoms with van der Waals surface area (Å²) in [6, 6.07) is 18.8. The van der Waals surface area contributed by atoms with Gasteiger partial charge < -0.3 is 10.6 Å². The molecule has 0 aliphatic carbocycles. The second-order valence-corrected chi connectivity index (χ2v) is 4.82. The average Bonchev–Trinajstić information content (AvgIpc) is 2.44. The third-order valence-electron chi connectivity index (χ3n) is 3.24. The van der Waals surface area contributed by atoms with E-state index in [0.29, 0.717) is 0 Å². The number of nitrogens with two attached hydrogens (primary N) is 1. The fraction of sp³-hybridized carbons (Fsp3) is 0.294. The van der Waals surface area contributed by atoms with Crippen LogP contribution in [0.1, 0.15) is 18.9 Å². The average molecular weight is 254 g/mol. The summed E-state index contributed by atoms with van der Waals surface area (Å²) >= 11 is 0. The van der Waals surface area contributed by atoms with Gasteiger partial charge in [-0.25, -0.2) is 0 Å². The molecule has 0 amide bonds. The van der Waals surface area contributed by atoms with Crippen molar-refractivity contribution in [3.63, 3.8) is 0 Å². The van der Waals surface area contributed by atoms with Crippen LogP contribution in [0.5, 0.6) is 0 Å². The van der Waals surface area contributed by atoms with Crippen LogP contribution in [0.15, 0.2) is 54.6 Å². The molecule has 0 aliphatic heterocycles. The summed E-state index contributed by atoms with van der Waals surface area (Å²) in [5.74, 6) is 0. The third kappa shape index (κ3) is 4.02. The van der Waals surface area contributed by atoms with Crippen molar-refractivity contribution in [2.45, 2.75) is 19.8 Å². The molecule has 0 heterocycles. The minimum atomic E-state index is 0.832. The molecule has 0 atom stereocenters. The van der Waals surface area contributed by atoms with Gasteiger partial charge in [0.15, 0.2) is 0 Å². The number of benzene rings is 2. The lowest BCUT2D eigenvalue weighted by molar-refractivity contribution is 0.756. The van der Waals surface area contributed by atoms with E-state index in [9.17, 15) is 0 Å². The monoisotopic (exact) mass is 254 g/mol. The van der Waals surface area contributed by atoms with E-state index in [1.54, 1.807) is 0 Å². The SMILES string of the molecule is CCCN(CCc1ccccc1)c1cccc(N)c1. The number of nitrogen functional groups attached to an aromatic ring is 1. The van der Waals surface area contributed by atoms with Crippen LogP contribution >= 0.6 is 0 Å². The van der Waals surface area contributed by atoms with Crippen LogP contribution in [0, 0.1) is 0 Å². The smallest absolute Gasteiger partial charge is 0.0386 e.